The number of benzene rings is 2. The van der Waals surface area contributed by atoms with Gasteiger partial charge in [0.2, 0.25) is 5.91 Å². The Labute approximate surface area is 175 Å². The van der Waals surface area contributed by atoms with Gasteiger partial charge in [0.1, 0.15) is 0 Å². The monoisotopic (exact) mass is 407 g/mol. The number of anilines is 3. The standard InChI is InChI=1S/C23H25N3O4/c1-29-23(28)24-19-9-8-18-7-6-17-4-2-3-5-20(17)26(21(18)16-19)22(27)10-11-25-12-14-30-15-13-25/h2-9,16H,10-15H2,1H3,(H,24,28). The lowest BCUT2D eigenvalue weighted by Crippen LogP contribution is -2.39. The molecule has 2 aliphatic heterocycles. The number of morpholine rings is 1. The van der Waals surface area contributed by atoms with E-state index in [1.54, 1.807) is 11.0 Å². The topological polar surface area (TPSA) is 71.1 Å². The van der Waals surface area contributed by atoms with Crippen LogP contribution in [0.2, 0.25) is 0 Å². The molecule has 0 atom stereocenters. The highest BCUT2D eigenvalue weighted by molar-refractivity contribution is 6.07. The molecule has 2 aliphatic rings. The Morgan fingerprint density at radius 1 is 1.03 bits per heavy atom. The van der Waals surface area contributed by atoms with Gasteiger partial charge in [-0.1, -0.05) is 36.4 Å². The number of amides is 2. The molecule has 7 heteroatoms. The first-order chi connectivity index (χ1) is 14.7. The number of methoxy groups -OCH3 is 1. The summed E-state index contributed by atoms with van der Waals surface area (Å²) in [7, 11) is 1.32. The second kappa shape index (κ2) is 9.11. The Morgan fingerprint density at radius 3 is 2.53 bits per heavy atom. The van der Waals surface area contributed by atoms with Gasteiger partial charge in [-0.25, -0.2) is 4.79 Å². The minimum atomic E-state index is -0.551. The first-order valence-electron chi connectivity index (χ1n) is 10.0. The van der Waals surface area contributed by atoms with Crippen LogP contribution < -0.4 is 10.2 Å². The van der Waals surface area contributed by atoms with Crippen LogP contribution in [-0.4, -0.2) is 56.9 Å². The van der Waals surface area contributed by atoms with E-state index in [1.807, 2.05) is 48.6 Å². The molecular weight excluding hydrogens is 382 g/mol. The minimum absolute atomic E-state index is 0.00844. The summed E-state index contributed by atoms with van der Waals surface area (Å²) in [4.78, 5) is 29.1. The molecule has 1 N–H and O–H groups in total. The number of hydrogen-bond acceptors (Lipinski definition) is 5. The van der Waals surface area contributed by atoms with Crippen LogP contribution in [0.3, 0.4) is 0 Å². The summed E-state index contributed by atoms with van der Waals surface area (Å²) >= 11 is 0. The summed E-state index contributed by atoms with van der Waals surface area (Å²) in [6.45, 7) is 3.78. The van der Waals surface area contributed by atoms with E-state index in [-0.39, 0.29) is 5.91 Å². The second-order valence-corrected chi connectivity index (χ2v) is 7.22. The highest BCUT2D eigenvalue weighted by Crippen LogP contribution is 2.38. The van der Waals surface area contributed by atoms with Crippen molar-refractivity contribution in [2.24, 2.45) is 0 Å². The molecule has 0 saturated carbocycles. The van der Waals surface area contributed by atoms with Crippen molar-refractivity contribution < 1.29 is 19.1 Å². The van der Waals surface area contributed by atoms with E-state index >= 15 is 0 Å². The summed E-state index contributed by atoms with van der Waals surface area (Å²) in [5.74, 6) is 0.00844. The number of para-hydroxylation sites is 1. The van der Waals surface area contributed by atoms with Crippen molar-refractivity contribution in [3.8, 4) is 0 Å². The molecule has 2 aromatic carbocycles. The average molecular weight is 407 g/mol. The maximum Gasteiger partial charge on any atom is 0.411 e. The predicted octanol–water partition coefficient (Wildman–Crippen LogP) is 3.74. The van der Waals surface area contributed by atoms with Gasteiger partial charge in [-0.05, 0) is 29.3 Å². The SMILES string of the molecule is COC(=O)Nc1ccc2c(c1)N(C(=O)CCN1CCOCC1)c1ccccc1C=C2. The van der Waals surface area contributed by atoms with Gasteiger partial charge in [0, 0.05) is 31.7 Å². The summed E-state index contributed by atoms with van der Waals surface area (Å²) in [5.41, 5.74) is 4.00. The molecule has 1 fully saturated rings. The molecule has 2 aromatic rings. The van der Waals surface area contributed by atoms with E-state index in [0.717, 1.165) is 35.6 Å². The Bertz CT molecular complexity index is 967. The van der Waals surface area contributed by atoms with Gasteiger partial charge >= 0.3 is 6.09 Å². The van der Waals surface area contributed by atoms with Crippen LogP contribution in [0.4, 0.5) is 21.9 Å². The first kappa shape index (κ1) is 20.1. The highest BCUT2D eigenvalue weighted by atomic mass is 16.5. The molecular formula is C23H25N3O4. The smallest absolute Gasteiger partial charge is 0.411 e. The maximum atomic E-state index is 13.4. The highest BCUT2D eigenvalue weighted by Gasteiger charge is 2.25. The molecule has 0 unspecified atom stereocenters. The van der Waals surface area contributed by atoms with Crippen molar-refractivity contribution in [1.82, 2.24) is 4.90 Å². The first-order valence-corrected chi connectivity index (χ1v) is 10.0. The number of fused-ring (bicyclic) bond motifs is 2. The van der Waals surface area contributed by atoms with Crippen molar-refractivity contribution in [3.63, 3.8) is 0 Å². The summed E-state index contributed by atoms with van der Waals surface area (Å²) in [6, 6.07) is 13.3. The number of carbonyl (C=O) groups is 2. The normalized spacial score (nSPS) is 15.7. The van der Waals surface area contributed by atoms with Gasteiger partial charge in [0.05, 0.1) is 31.7 Å². The van der Waals surface area contributed by atoms with Crippen molar-refractivity contribution in [3.05, 3.63) is 53.6 Å². The third-order valence-corrected chi connectivity index (χ3v) is 5.32. The van der Waals surface area contributed by atoms with Crippen LogP contribution in [0.1, 0.15) is 17.5 Å². The largest absolute Gasteiger partial charge is 0.453 e. The Kier molecular flexibility index (Phi) is 6.11. The van der Waals surface area contributed by atoms with Crippen molar-refractivity contribution in [2.75, 3.05) is 50.2 Å². The lowest BCUT2D eigenvalue weighted by atomic mass is 10.1. The molecule has 2 heterocycles. The Balaban J connectivity index is 1.66. The molecule has 2 amide bonds. The second-order valence-electron chi connectivity index (χ2n) is 7.22. The summed E-state index contributed by atoms with van der Waals surface area (Å²) in [6.07, 6.45) is 3.84. The zero-order chi connectivity index (χ0) is 20.9. The lowest BCUT2D eigenvalue weighted by Gasteiger charge is -2.29. The molecule has 0 aromatic heterocycles. The molecule has 4 rings (SSSR count). The fourth-order valence-electron chi connectivity index (χ4n) is 3.73. The number of nitrogens with one attached hydrogen (secondary N) is 1. The molecule has 1 saturated heterocycles. The fourth-order valence-corrected chi connectivity index (χ4v) is 3.73. The Morgan fingerprint density at radius 2 is 1.77 bits per heavy atom. The van der Waals surface area contributed by atoms with E-state index in [4.69, 9.17) is 9.47 Å². The van der Waals surface area contributed by atoms with Crippen LogP contribution in [0.25, 0.3) is 12.2 Å². The van der Waals surface area contributed by atoms with Crippen LogP contribution in [0.5, 0.6) is 0 Å². The molecule has 0 bridgehead atoms. The van der Waals surface area contributed by atoms with E-state index in [2.05, 4.69) is 10.2 Å². The van der Waals surface area contributed by atoms with Gasteiger partial charge in [-0.15, -0.1) is 0 Å². The average Bonchev–Trinajstić information content (AvgIpc) is 2.94. The van der Waals surface area contributed by atoms with E-state index < -0.39 is 6.09 Å². The third kappa shape index (κ3) is 4.37. The van der Waals surface area contributed by atoms with Gasteiger partial charge in [0.25, 0.3) is 0 Å². The number of rotatable bonds is 4. The summed E-state index contributed by atoms with van der Waals surface area (Å²) < 4.78 is 10.1. The molecule has 0 spiro atoms. The van der Waals surface area contributed by atoms with Gasteiger partial charge < -0.3 is 9.47 Å². The molecule has 156 valence electrons. The molecule has 30 heavy (non-hydrogen) atoms. The van der Waals surface area contributed by atoms with Gasteiger partial charge in [-0.2, -0.15) is 0 Å². The van der Waals surface area contributed by atoms with E-state index in [1.165, 1.54) is 7.11 Å². The molecule has 0 radical (unpaired) electrons. The zero-order valence-electron chi connectivity index (χ0n) is 17.0. The quantitative estimate of drug-likeness (QED) is 0.836. The van der Waals surface area contributed by atoms with E-state index in [0.29, 0.717) is 31.9 Å². The fraction of sp³-hybridized carbons (Fsp3) is 0.304. The molecule has 7 nitrogen and oxygen atoms in total. The number of nitrogens with zero attached hydrogens (tertiary/aromatic N) is 2. The number of carbonyl (C=O) groups excluding carboxylic acids is 2. The zero-order valence-corrected chi connectivity index (χ0v) is 17.0. The Hall–Kier alpha value is -3.16. The van der Waals surface area contributed by atoms with Crippen molar-refractivity contribution in [2.45, 2.75) is 6.42 Å². The van der Waals surface area contributed by atoms with Gasteiger partial charge in [0.15, 0.2) is 0 Å². The predicted molar refractivity (Wildman–Crippen MR) is 117 cm³/mol. The van der Waals surface area contributed by atoms with Crippen LogP contribution in [-0.2, 0) is 14.3 Å². The van der Waals surface area contributed by atoms with Crippen LogP contribution in [0, 0.1) is 0 Å². The third-order valence-electron chi connectivity index (χ3n) is 5.32. The summed E-state index contributed by atoms with van der Waals surface area (Å²) in [5, 5.41) is 2.68. The minimum Gasteiger partial charge on any atom is -0.453 e. The van der Waals surface area contributed by atoms with E-state index in [9.17, 15) is 9.59 Å². The van der Waals surface area contributed by atoms with Crippen molar-refractivity contribution in [1.29, 1.82) is 0 Å². The lowest BCUT2D eigenvalue weighted by molar-refractivity contribution is -0.118. The number of ether oxygens (including phenoxy) is 2. The van der Waals surface area contributed by atoms with Gasteiger partial charge in [-0.3, -0.25) is 19.9 Å². The van der Waals surface area contributed by atoms with Crippen LogP contribution >= 0.6 is 0 Å². The van der Waals surface area contributed by atoms with Crippen molar-refractivity contribution >= 4 is 41.2 Å². The molecule has 0 aliphatic carbocycles. The number of hydrogen-bond donors (Lipinski definition) is 1. The maximum absolute atomic E-state index is 13.4. The van der Waals surface area contributed by atoms with Crippen LogP contribution in [0.15, 0.2) is 42.5 Å².